The Balaban J connectivity index is 2.39. The molecule has 4 nitrogen and oxygen atoms in total. The summed E-state index contributed by atoms with van der Waals surface area (Å²) in [6, 6.07) is 7.17. The molecule has 0 bridgehead atoms. The molecule has 0 aliphatic carbocycles. The molecule has 0 spiro atoms. The number of nitrogens with zero attached hydrogens (tertiary/aromatic N) is 2. The van der Waals surface area contributed by atoms with Crippen molar-refractivity contribution in [1.82, 2.24) is 4.49 Å². The Kier molecular flexibility index (Phi) is 2.32. The van der Waals surface area contributed by atoms with Gasteiger partial charge in [0.1, 0.15) is 5.75 Å². The van der Waals surface area contributed by atoms with Crippen molar-refractivity contribution in [2.45, 2.75) is 0 Å². The topological polar surface area (TPSA) is 49.1 Å². The zero-order chi connectivity index (χ0) is 9.97. The molecule has 0 unspecified atom stereocenters. The van der Waals surface area contributed by atoms with Gasteiger partial charge in [-0.1, -0.05) is 0 Å². The summed E-state index contributed by atoms with van der Waals surface area (Å²) in [7, 11) is 1.60. The summed E-state index contributed by atoms with van der Waals surface area (Å²) >= 11 is 1.14. The van der Waals surface area contributed by atoms with Gasteiger partial charge in [-0.3, -0.25) is 0 Å². The summed E-state index contributed by atoms with van der Waals surface area (Å²) in [5.74, 6) is 0.650. The first-order valence-corrected chi connectivity index (χ1v) is 4.83. The van der Waals surface area contributed by atoms with Crippen LogP contribution in [0.5, 0.6) is 11.6 Å². The molecular formula is C9H8N2O2S. The summed E-state index contributed by atoms with van der Waals surface area (Å²) in [6.45, 7) is 0. The Labute approximate surface area is 85.2 Å². The van der Waals surface area contributed by atoms with Gasteiger partial charge in [0.2, 0.25) is 5.69 Å². The van der Waals surface area contributed by atoms with Crippen molar-refractivity contribution in [3.05, 3.63) is 29.6 Å². The molecule has 14 heavy (non-hydrogen) atoms. The number of rotatable bonds is 2. The number of methoxy groups -OCH3 is 1. The van der Waals surface area contributed by atoms with Crippen LogP contribution in [0.15, 0.2) is 29.6 Å². The van der Waals surface area contributed by atoms with Crippen molar-refractivity contribution in [1.29, 1.82) is 0 Å². The van der Waals surface area contributed by atoms with Crippen molar-refractivity contribution in [2.75, 3.05) is 7.11 Å². The number of hydrogen-bond donors (Lipinski definition) is 0. The monoisotopic (exact) mass is 208 g/mol. The summed E-state index contributed by atoms with van der Waals surface area (Å²) < 4.78 is 10.3. The molecule has 2 aromatic rings. The lowest BCUT2D eigenvalue weighted by Gasteiger charge is -1.99. The summed E-state index contributed by atoms with van der Waals surface area (Å²) in [5, 5.41) is 12.7. The van der Waals surface area contributed by atoms with Crippen molar-refractivity contribution in [3.63, 3.8) is 0 Å². The van der Waals surface area contributed by atoms with Crippen LogP contribution in [0.2, 0.25) is 0 Å². The third-order valence-corrected chi connectivity index (χ3v) is 2.37. The van der Waals surface area contributed by atoms with Crippen LogP contribution in [0.3, 0.4) is 0 Å². The second kappa shape index (κ2) is 3.63. The quantitative estimate of drug-likeness (QED) is 0.675. The Morgan fingerprint density at radius 3 is 2.57 bits per heavy atom. The van der Waals surface area contributed by atoms with Gasteiger partial charge < -0.3 is 9.84 Å². The predicted octanol–water partition coefficient (Wildman–Crippen LogP) is 0.502. The smallest absolute Gasteiger partial charge is 0.238 e. The van der Waals surface area contributed by atoms with Crippen LogP contribution in [-0.4, -0.2) is 11.6 Å². The SMILES string of the molecule is COc1ccc(-[n+]2nscc2[O-])cc1. The molecule has 0 radical (unpaired) electrons. The second-order valence-corrected chi connectivity index (χ2v) is 3.26. The van der Waals surface area contributed by atoms with Gasteiger partial charge in [-0.25, -0.2) is 0 Å². The van der Waals surface area contributed by atoms with Gasteiger partial charge in [0.25, 0.3) is 0 Å². The maximum Gasteiger partial charge on any atom is 0.238 e. The predicted molar refractivity (Wildman–Crippen MR) is 49.6 cm³/mol. The highest BCUT2D eigenvalue weighted by Gasteiger charge is 2.10. The molecule has 0 saturated carbocycles. The zero-order valence-corrected chi connectivity index (χ0v) is 8.32. The molecule has 1 aromatic carbocycles. The normalized spacial score (nSPS) is 10.1. The first kappa shape index (κ1) is 8.96. The standard InChI is InChI=1S/C9H8N2O2S/c1-13-8-4-2-7(3-5-8)11-9(12)6-14-10-11/h2-6H,1H3. The Hall–Kier alpha value is -1.62. The Bertz CT molecular complexity index is 425. The summed E-state index contributed by atoms with van der Waals surface area (Å²) in [5.41, 5.74) is 0.747. The number of hydrogen-bond acceptors (Lipinski definition) is 4. The van der Waals surface area contributed by atoms with E-state index in [2.05, 4.69) is 4.49 Å². The fraction of sp³-hybridized carbons (Fsp3) is 0.111. The molecule has 0 N–H and O–H groups in total. The summed E-state index contributed by atoms with van der Waals surface area (Å²) in [6.07, 6.45) is 0. The molecule has 0 saturated heterocycles. The Morgan fingerprint density at radius 2 is 2.07 bits per heavy atom. The van der Waals surface area contributed by atoms with Crippen molar-refractivity contribution in [2.24, 2.45) is 0 Å². The van der Waals surface area contributed by atoms with Crippen LogP contribution in [0.25, 0.3) is 5.69 Å². The van der Waals surface area contributed by atoms with E-state index in [-0.39, 0.29) is 5.88 Å². The maximum atomic E-state index is 11.3. The molecule has 0 aliphatic heterocycles. The van der Waals surface area contributed by atoms with E-state index < -0.39 is 0 Å². The highest BCUT2D eigenvalue weighted by molar-refractivity contribution is 7.03. The molecule has 0 amide bonds. The molecule has 0 atom stereocenters. The van der Waals surface area contributed by atoms with Crippen LogP contribution < -0.4 is 14.5 Å². The van der Waals surface area contributed by atoms with E-state index >= 15 is 0 Å². The highest BCUT2D eigenvalue weighted by atomic mass is 32.1. The van der Waals surface area contributed by atoms with Crippen LogP contribution in [0.4, 0.5) is 0 Å². The van der Waals surface area contributed by atoms with Gasteiger partial charge in [-0.05, 0) is 16.8 Å². The minimum Gasteiger partial charge on any atom is -0.820 e. The number of ether oxygens (including phenoxy) is 1. The zero-order valence-electron chi connectivity index (χ0n) is 7.51. The lowest BCUT2D eigenvalue weighted by atomic mass is 10.3. The van der Waals surface area contributed by atoms with Crippen LogP contribution in [-0.2, 0) is 0 Å². The maximum absolute atomic E-state index is 11.3. The fourth-order valence-corrected chi connectivity index (χ4v) is 1.61. The van der Waals surface area contributed by atoms with Crippen molar-refractivity contribution >= 4 is 11.5 Å². The first-order valence-electron chi connectivity index (χ1n) is 3.99. The fourth-order valence-electron chi connectivity index (χ4n) is 1.10. The average molecular weight is 208 g/mol. The van der Waals surface area contributed by atoms with E-state index in [1.54, 1.807) is 31.4 Å². The minimum absolute atomic E-state index is 0.111. The van der Waals surface area contributed by atoms with E-state index in [1.165, 1.54) is 10.1 Å². The number of aromatic nitrogens is 2. The van der Waals surface area contributed by atoms with Crippen LogP contribution >= 0.6 is 11.5 Å². The van der Waals surface area contributed by atoms with E-state index in [0.717, 1.165) is 23.0 Å². The molecular weight excluding hydrogens is 200 g/mol. The first-order chi connectivity index (χ1) is 6.81. The molecule has 0 aliphatic rings. The lowest BCUT2D eigenvalue weighted by Crippen LogP contribution is -2.35. The number of benzene rings is 1. The van der Waals surface area contributed by atoms with E-state index in [9.17, 15) is 5.11 Å². The van der Waals surface area contributed by atoms with E-state index in [1.807, 2.05) is 0 Å². The second-order valence-electron chi connectivity index (χ2n) is 2.65. The minimum atomic E-state index is -0.111. The average Bonchev–Trinajstić information content (AvgIpc) is 2.65. The molecule has 1 heterocycles. The highest BCUT2D eigenvalue weighted by Crippen LogP contribution is 2.12. The lowest BCUT2D eigenvalue weighted by molar-refractivity contribution is -0.695. The molecule has 2 rings (SSSR count). The van der Waals surface area contributed by atoms with Gasteiger partial charge in [0.05, 0.1) is 17.0 Å². The van der Waals surface area contributed by atoms with E-state index in [4.69, 9.17) is 4.74 Å². The largest absolute Gasteiger partial charge is 0.820 e. The van der Waals surface area contributed by atoms with Gasteiger partial charge in [0, 0.05) is 23.7 Å². The Morgan fingerprint density at radius 1 is 1.36 bits per heavy atom. The molecule has 72 valence electrons. The van der Waals surface area contributed by atoms with Gasteiger partial charge in [0.15, 0.2) is 5.88 Å². The van der Waals surface area contributed by atoms with Gasteiger partial charge in [-0.15, -0.1) is 0 Å². The summed E-state index contributed by atoms with van der Waals surface area (Å²) in [4.78, 5) is 0. The van der Waals surface area contributed by atoms with Crippen LogP contribution in [0.1, 0.15) is 0 Å². The third kappa shape index (κ3) is 1.54. The van der Waals surface area contributed by atoms with Crippen LogP contribution in [0, 0.1) is 0 Å². The van der Waals surface area contributed by atoms with Crippen molar-refractivity contribution < 1.29 is 14.5 Å². The molecule has 0 fully saturated rings. The van der Waals surface area contributed by atoms with E-state index in [0.29, 0.717) is 0 Å². The van der Waals surface area contributed by atoms with Crippen molar-refractivity contribution in [3.8, 4) is 17.3 Å². The molecule has 5 heteroatoms. The van der Waals surface area contributed by atoms with Gasteiger partial charge >= 0.3 is 0 Å². The van der Waals surface area contributed by atoms with Gasteiger partial charge in [-0.2, -0.15) is 0 Å². The molecule has 1 aromatic heterocycles. The third-order valence-electron chi connectivity index (χ3n) is 1.81.